The van der Waals surface area contributed by atoms with Gasteiger partial charge < -0.3 is 24.4 Å². The molecule has 0 amide bonds. The summed E-state index contributed by atoms with van der Waals surface area (Å²) in [6, 6.07) is 0. The molecule has 0 aromatic rings. The predicted molar refractivity (Wildman–Crippen MR) is 107 cm³/mol. The largest absolute Gasteiger partial charge is 0.458 e. The molecule has 0 aromatic carbocycles. The molecule has 0 spiro atoms. The number of esters is 3. The van der Waals surface area contributed by atoms with Crippen LogP contribution in [-0.2, 0) is 28.6 Å². The van der Waals surface area contributed by atoms with Gasteiger partial charge in [-0.3, -0.25) is 4.79 Å². The molecule has 1 aliphatic heterocycles. The first-order valence-corrected chi connectivity index (χ1v) is 9.70. The van der Waals surface area contributed by atoms with Crippen molar-refractivity contribution >= 4 is 17.9 Å². The zero-order valence-corrected chi connectivity index (χ0v) is 17.4. The fraction of sp³-hybridized carbons (Fsp3) is 0.500. The standard InChI is InChI=1S/C22H28O8/c1-12-5-6-17(28-15(4)25)13(2)10-19-20(14(3)21(26)29-19)18(9-12)30-22(27)16(11-24)7-8-23/h5,7,10,17-20,23-24H,3,6,8-9,11H2,1-2,4H3/b12-5+,13-10-,16-7+/t17-,18+,19-,20+/m0/s1. The molecule has 2 N–H and O–H groups in total. The molecular formula is C22H28O8. The third kappa shape index (κ3) is 5.67. The van der Waals surface area contributed by atoms with Gasteiger partial charge in [0, 0.05) is 25.3 Å². The molecule has 30 heavy (non-hydrogen) atoms. The summed E-state index contributed by atoms with van der Waals surface area (Å²) in [5.41, 5.74) is 1.67. The molecule has 1 fully saturated rings. The lowest BCUT2D eigenvalue weighted by Gasteiger charge is -2.28. The Morgan fingerprint density at radius 1 is 1.30 bits per heavy atom. The zero-order valence-electron chi connectivity index (χ0n) is 17.4. The van der Waals surface area contributed by atoms with Crippen molar-refractivity contribution < 1.29 is 38.8 Å². The third-order valence-electron chi connectivity index (χ3n) is 5.14. The van der Waals surface area contributed by atoms with Crippen molar-refractivity contribution in [2.45, 2.75) is 51.9 Å². The molecule has 1 heterocycles. The van der Waals surface area contributed by atoms with Crippen LogP contribution in [0.2, 0.25) is 0 Å². The predicted octanol–water partition coefficient (Wildman–Crippen LogP) is 1.53. The highest BCUT2D eigenvalue weighted by Crippen LogP contribution is 2.36. The Morgan fingerprint density at radius 2 is 2.00 bits per heavy atom. The number of carbonyl (C=O) groups is 3. The maximum absolute atomic E-state index is 12.5. The molecule has 0 aromatic heterocycles. The van der Waals surface area contributed by atoms with Gasteiger partial charge in [0.05, 0.1) is 24.7 Å². The lowest BCUT2D eigenvalue weighted by Crippen LogP contribution is -2.34. The second-order valence-electron chi connectivity index (χ2n) is 7.43. The van der Waals surface area contributed by atoms with E-state index in [0.29, 0.717) is 18.4 Å². The van der Waals surface area contributed by atoms with E-state index >= 15 is 0 Å². The molecule has 2 aliphatic rings. The normalized spacial score (nSPS) is 30.9. The van der Waals surface area contributed by atoms with Crippen molar-refractivity contribution in [3.05, 3.63) is 47.1 Å². The molecule has 4 atom stereocenters. The summed E-state index contributed by atoms with van der Waals surface area (Å²) >= 11 is 0. The van der Waals surface area contributed by atoms with E-state index in [4.69, 9.17) is 19.3 Å². The summed E-state index contributed by atoms with van der Waals surface area (Å²) in [5, 5.41) is 18.4. The second-order valence-corrected chi connectivity index (χ2v) is 7.43. The first kappa shape index (κ1) is 23.6. The highest BCUT2D eigenvalue weighted by atomic mass is 16.6. The summed E-state index contributed by atoms with van der Waals surface area (Å²) in [7, 11) is 0. The van der Waals surface area contributed by atoms with E-state index in [0.717, 1.165) is 5.57 Å². The lowest BCUT2D eigenvalue weighted by atomic mass is 9.85. The zero-order chi connectivity index (χ0) is 22.4. The van der Waals surface area contributed by atoms with Gasteiger partial charge >= 0.3 is 17.9 Å². The molecule has 8 heteroatoms. The SMILES string of the molecule is C=C1C(=O)O[C@H]2/C=C(/C)[C@@H](OC(C)=O)C/C=C(\C)C[C@@H](OC(=O)/C(=C/CO)CO)[C@@H]12. The first-order valence-electron chi connectivity index (χ1n) is 9.70. The van der Waals surface area contributed by atoms with Crippen LogP contribution in [-0.4, -0.2) is 59.6 Å². The Kier molecular flexibility index (Phi) is 8.14. The van der Waals surface area contributed by atoms with Crippen LogP contribution in [0.1, 0.15) is 33.6 Å². The number of carbonyl (C=O) groups excluding carboxylic acids is 3. The van der Waals surface area contributed by atoms with E-state index in [1.54, 1.807) is 13.0 Å². The average molecular weight is 420 g/mol. The Labute approximate surface area is 175 Å². The number of hydrogen-bond donors (Lipinski definition) is 2. The van der Waals surface area contributed by atoms with Crippen LogP contribution in [0.3, 0.4) is 0 Å². The average Bonchev–Trinajstić information content (AvgIpc) is 2.94. The lowest BCUT2D eigenvalue weighted by molar-refractivity contribution is -0.148. The number of aliphatic hydroxyl groups excluding tert-OH is 2. The van der Waals surface area contributed by atoms with Gasteiger partial charge in [-0.25, -0.2) is 9.59 Å². The highest BCUT2D eigenvalue weighted by Gasteiger charge is 2.45. The van der Waals surface area contributed by atoms with E-state index in [1.807, 2.05) is 13.0 Å². The number of aliphatic hydroxyl groups is 2. The fourth-order valence-corrected chi connectivity index (χ4v) is 3.56. The molecule has 0 unspecified atom stereocenters. The molecule has 0 radical (unpaired) electrons. The molecule has 1 saturated heterocycles. The minimum absolute atomic E-state index is 0.0784. The topological polar surface area (TPSA) is 119 Å². The van der Waals surface area contributed by atoms with Gasteiger partial charge in [-0.2, -0.15) is 0 Å². The van der Waals surface area contributed by atoms with E-state index in [-0.39, 0.29) is 11.1 Å². The Morgan fingerprint density at radius 3 is 2.60 bits per heavy atom. The van der Waals surface area contributed by atoms with Gasteiger partial charge in [-0.05, 0) is 31.6 Å². The Balaban J connectivity index is 2.42. The van der Waals surface area contributed by atoms with Crippen molar-refractivity contribution in [3.8, 4) is 0 Å². The minimum Gasteiger partial charge on any atom is -0.458 e. The van der Waals surface area contributed by atoms with Crippen molar-refractivity contribution in [2.75, 3.05) is 13.2 Å². The van der Waals surface area contributed by atoms with Crippen LogP contribution < -0.4 is 0 Å². The van der Waals surface area contributed by atoms with E-state index in [2.05, 4.69) is 6.58 Å². The van der Waals surface area contributed by atoms with Gasteiger partial charge in [0.25, 0.3) is 0 Å². The Hall–Kier alpha value is -2.71. The maximum atomic E-state index is 12.5. The van der Waals surface area contributed by atoms with Crippen LogP contribution in [0, 0.1) is 5.92 Å². The quantitative estimate of drug-likeness (QED) is 0.297. The number of ether oxygens (including phenoxy) is 3. The molecule has 2 rings (SSSR count). The smallest absolute Gasteiger partial charge is 0.336 e. The molecule has 164 valence electrons. The summed E-state index contributed by atoms with van der Waals surface area (Å²) in [6.07, 6.45) is 3.45. The molecule has 1 aliphatic carbocycles. The summed E-state index contributed by atoms with van der Waals surface area (Å²) in [5.74, 6) is -2.44. The van der Waals surface area contributed by atoms with E-state index < -0.39 is 55.4 Å². The minimum atomic E-state index is -0.786. The molecule has 0 bridgehead atoms. The van der Waals surface area contributed by atoms with Gasteiger partial charge in [-0.15, -0.1) is 0 Å². The number of rotatable bonds is 5. The van der Waals surface area contributed by atoms with Gasteiger partial charge in [0.2, 0.25) is 0 Å². The van der Waals surface area contributed by atoms with Gasteiger partial charge in [0.1, 0.15) is 18.3 Å². The van der Waals surface area contributed by atoms with Crippen molar-refractivity contribution in [3.63, 3.8) is 0 Å². The van der Waals surface area contributed by atoms with E-state index in [1.165, 1.54) is 13.0 Å². The molecule has 0 saturated carbocycles. The summed E-state index contributed by atoms with van der Waals surface area (Å²) in [4.78, 5) is 36.2. The van der Waals surface area contributed by atoms with Crippen LogP contribution in [0.5, 0.6) is 0 Å². The second kappa shape index (κ2) is 10.4. The van der Waals surface area contributed by atoms with Crippen molar-refractivity contribution in [1.29, 1.82) is 0 Å². The highest BCUT2D eigenvalue weighted by molar-refractivity contribution is 5.92. The molecular weight excluding hydrogens is 392 g/mol. The maximum Gasteiger partial charge on any atom is 0.336 e. The van der Waals surface area contributed by atoms with Gasteiger partial charge in [0.15, 0.2) is 0 Å². The monoisotopic (exact) mass is 420 g/mol. The first-order chi connectivity index (χ1) is 14.2. The molecule has 8 nitrogen and oxygen atoms in total. The Bertz CT molecular complexity index is 804. The number of hydrogen-bond acceptors (Lipinski definition) is 8. The fourth-order valence-electron chi connectivity index (χ4n) is 3.56. The van der Waals surface area contributed by atoms with Crippen LogP contribution in [0.15, 0.2) is 47.1 Å². The van der Waals surface area contributed by atoms with Crippen molar-refractivity contribution in [2.24, 2.45) is 5.92 Å². The van der Waals surface area contributed by atoms with Crippen LogP contribution >= 0.6 is 0 Å². The van der Waals surface area contributed by atoms with Gasteiger partial charge in [-0.1, -0.05) is 18.2 Å². The van der Waals surface area contributed by atoms with Crippen molar-refractivity contribution in [1.82, 2.24) is 0 Å². The summed E-state index contributed by atoms with van der Waals surface area (Å²) < 4.78 is 16.5. The number of fused-ring (bicyclic) bond motifs is 1. The third-order valence-corrected chi connectivity index (χ3v) is 5.14. The van der Waals surface area contributed by atoms with Crippen LogP contribution in [0.25, 0.3) is 0 Å². The van der Waals surface area contributed by atoms with E-state index in [9.17, 15) is 19.5 Å². The van der Waals surface area contributed by atoms with Crippen LogP contribution in [0.4, 0.5) is 0 Å². The summed E-state index contributed by atoms with van der Waals surface area (Å²) in [6.45, 7) is 7.76.